The standard InChI is InChI=1S/C8H11NO3S.H2O4S/c9-8(6-10,13(11)12)7-4-2-1-3-5-7;1-5(2,3)4/h1-5,10H,6,9H2,(H,11,12);(H2,1,2,3,4)/p-1. The van der Waals surface area contributed by atoms with Crippen LogP contribution in [0.25, 0.3) is 0 Å². The van der Waals surface area contributed by atoms with E-state index in [0.717, 1.165) is 0 Å². The molecule has 18 heavy (non-hydrogen) atoms. The second-order valence-corrected chi connectivity index (χ2v) is 5.19. The van der Waals surface area contributed by atoms with E-state index in [1.54, 1.807) is 30.3 Å². The molecule has 0 aliphatic rings. The molecule has 10 heteroatoms. The van der Waals surface area contributed by atoms with Gasteiger partial charge >= 0.3 is 10.4 Å². The lowest BCUT2D eigenvalue weighted by molar-refractivity contribution is 0.241. The summed E-state index contributed by atoms with van der Waals surface area (Å²) in [6.07, 6.45) is 0. The van der Waals surface area contributed by atoms with Crippen molar-refractivity contribution >= 4 is 21.5 Å². The van der Waals surface area contributed by atoms with Crippen LogP contribution in [0.4, 0.5) is 0 Å². The van der Waals surface area contributed by atoms with Gasteiger partial charge in [0.15, 0.2) is 0 Å². The average Bonchev–Trinajstić information content (AvgIpc) is 2.26. The molecule has 8 nitrogen and oxygen atoms in total. The van der Waals surface area contributed by atoms with Crippen LogP contribution in [0.1, 0.15) is 5.56 Å². The Morgan fingerprint density at radius 1 is 1.28 bits per heavy atom. The summed E-state index contributed by atoms with van der Waals surface area (Å²) in [5.41, 5.74) is 5.88. The van der Waals surface area contributed by atoms with Gasteiger partial charge in [-0.3, -0.25) is 13.3 Å². The third-order valence-corrected chi connectivity index (χ3v) is 2.75. The minimum absolute atomic E-state index is 0.380. The van der Waals surface area contributed by atoms with Gasteiger partial charge < -0.3 is 15.4 Å². The predicted molar refractivity (Wildman–Crippen MR) is 62.5 cm³/mol. The molecule has 0 saturated carbocycles. The summed E-state index contributed by atoms with van der Waals surface area (Å²) in [5.74, 6) is 0. The Hall–Kier alpha value is -0.880. The number of aliphatic hydroxyl groups excluding tert-OH is 1. The zero-order valence-corrected chi connectivity index (χ0v) is 10.6. The first kappa shape index (κ1) is 17.1. The van der Waals surface area contributed by atoms with Gasteiger partial charge in [0.1, 0.15) is 4.87 Å². The van der Waals surface area contributed by atoms with E-state index < -0.39 is 33.0 Å². The molecule has 1 aromatic carbocycles. The molecule has 0 heterocycles. The Kier molecular flexibility index (Phi) is 6.56. The maximum Gasteiger partial charge on any atom is 0.394 e. The van der Waals surface area contributed by atoms with Gasteiger partial charge in [-0.05, 0) is 16.6 Å². The van der Waals surface area contributed by atoms with Crippen LogP contribution < -0.4 is 5.73 Å². The van der Waals surface area contributed by atoms with Gasteiger partial charge in [-0.1, -0.05) is 30.3 Å². The molecule has 0 aromatic heterocycles. The molecule has 0 aliphatic heterocycles. The molecule has 0 spiro atoms. The first-order valence-corrected chi connectivity index (χ1v) is 6.83. The number of hydrogen-bond acceptors (Lipinski definition) is 6. The lowest BCUT2D eigenvalue weighted by Gasteiger charge is -2.29. The highest BCUT2D eigenvalue weighted by molar-refractivity contribution is 7.80. The molecule has 1 rings (SSSR count). The minimum atomic E-state index is -4.67. The van der Waals surface area contributed by atoms with Gasteiger partial charge in [-0.2, -0.15) is 8.42 Å². The maximum atomic E-state index is 10.8. The van der Waals surface area contributed by atoms with Gasteiger partial charge in [-0.25, -0.2) is 0 Å². The Bertz CT molecular complexity index is 481. The topological polar surface area (TPSA) is 161 Å². The van der Waals surface area contributed by atoms with Crippen LogP contribution in [0.3, 0.4) is 0 Å². The molecule has 104 valence electrons. The van der Waals surface area contributed by atoms with Crippen LogP contribution >= 0.6 is 0 Å². The van der Waals surface area contributed by atoms with Crippen molar-refractivity contribution in [3.8, 4) is 0 Å². The van der Waals surface area contributed by atoms with Gasteiger partial charge in [-0.15, -0.1) is 0 Å². The van der Waals surface area contributed by atoms with Crippen molar-refractivity contribution in [1.82, 2.24) is 0 Å². The highest BCUT2D eigenvalue weighted by atomic mass is 32.3. The highest BCUT2D eigenvalue weighted by Gasteiger charge is 2.27. The first-order chi connectivity index (χ1) is 8.11. The number of rotatable bonds is 3. The first-order valence-electron chi connectivity index (χ1n) is 4.36. The minimum Gasteiger partial charge on any atom is -0.771 e. The summed E-state index contributed by atoms with van der Waals surface area (Å²) >= 11 is -2.54. The van der Waals surface area contributed by atoms with Gasteiger partial charge in [0.05, 0.1) is 6.61 Å². The van der Waals surface area contributed by atoms with Crippen molar-refractivity contribution in [2.75, 3.05) is 6.61 Å². The van der Waals surface area contributed by atoms with Crippen LogP contribution in [0.5, 0.6) is 0 Å². The molecule has 0 radical (unpaired) electrons. The van der Waals surface area contributed by atoms with Crippen molar-refractivity contribution in [1.29, 1.82) is 0 Å². The number of hydrogen-bond donors (Lipinski definition) is 4. The summed E-state index contributed by atoms with van der Waals surface area (Å²) in [6.45, 7) is -0.632. The Morgan fingerprint density at radius 3 is 1.94 bits per heavy atom. The maximum absolute atomic E-state index is 10.8. The molecule has 0 bridgehead atoms. The summed E-state index contributed by atoms with van der Waals surface area (Å²) in [4.78, 5) is -1.69. The van der Waals surface area contributed by atoms with Crippen LogP contribution in [0.15, 0.2) is 30.3 Å². The predicted octanol–water partition coefficient (Wildman–Crippen LogP) is -0.983. The molecule has 2 unspecified atom stereocenters. The van der Waals surface area contributed by atoms with Crippen molar-refractivity contribution < 1.29 is 31.4 Å². The van der Waals surface area contributed by atoms with Crippen molar-refractivity contribution in [2.45, 2.75) is 4.87 Å². The molecule has 0 fully saturated rings. The lowest BCUT2D eigenvalue weighted by atomic mass is 10.1. The van der Waals surface area contributed by atoms with Gasteiger partial charge in [0.2, 0.25) is 0 Å². The highest BCUT2D eigenvalue weighted by Crippen LogP contribution is 2.19. The monoisotopic (exact) mass is 298 g/mol. The lowest BCUT2D eigenvalue weighted by Crippen LogP contribution is -2.44. The fourth-order valence-electron chi connectivity index (χ4n) is 0.960. The van der Waals surface area contributed by atoms with Gasteiger partial charge in [0, 0.05) is 0 Å². The summed E-state index contributed by atoms with van der Waals surface area (Å²) < 4.78 is 53.1. The van der Waals surface area contributed by atoms with E-state index in [1.807, 2.05) is 0 Å². The average molecular weight is 298 g/mol. The second kappa shape index (κ2) is 6.89. The van der Waals surface area contributed by atoms with E-state index in [1.165, 1.54) is 0 Å². The Morgan fingerprint density at radius 2 is 1.67 bits per heavy atom. The van der Waals surface area contributed by atoms with Crippen molar-refractivity contribution in [3.63, 3.8) is 0 Å². The van der Waals surface area contributed by atoms with E-state index in [9.17, 15) is 8.76 Å². The zero-order chi connectivity index (χ0) is 14.4. The zero-order valence-electron chi connectivity index (χ0n) is 8.96. The van der Waals surface area contributed by atoms with Crippen LogP contribution in [0, 0.1) is 0 Å². The van der Waals surface area contributed by atoms with Gasteiger partial charge in [0.25, 0.3) is 0 Å². The molecule has 1 aromatic rings. The van der Waals surface area contributed by atoms with E-state index in [0.29, 0.717) is 5.56 Å². The Balaban J connectivity index is 0.000000494. The quantitative estimate of drug-likeness (QED) is 0.408. The molecule has 2 atom stereocenters. The largest absolute Gasteiger partial charge is 0.771 e. The Labute approximate surface area is 106 Å². The summed E-state index contributed by atoms with van der Waals surface area (Å²) in [6, 6.07) is 8.20. The molecular formula is C8H12NO7S2-. The van der Waals surface area contributed by atoms with E-state index in [4.69, 9.17) is 28.4 Å². The van der Waals surface area contributed by atoms with E-state index in [2.05, 4.69) is 0 Å². The number of benzene rings is 1. The fourth-order valence-corrected chi connectivity index (χ4v) is 1.39. The van der Waals surface area contributed by atoms with Crippen LogP contribution in [0.2, 0.25) is 0 Å². The van der Waals surface area contributed by atoms with E-state index in [-0.39, 0.29) is 0 Å². The SMILES string of the molecule is NC(CO)(c1ccccc1)S(=O)[O-].O=S(=O)(O)O. The molecule has 0 amide bonds. The third kappa shape index (κ3) is 6.16. The number of nitrogens with two attached hydrogens (primary N) is 1. The smallest absolute Gasteiger partial charge is 0.394 e. The second-order valence-electron chi connectivity index (χ2n) is 3.10. The molecule has 5 N–H and O–H groups in total. The normalized spacial score (nSPS) is 16.1. The van der Waals surface area contributed by atoms with Crippen LogP contribution in [-0.2, 0) is 26.4 Å². The number of aliphatic hydroxyl groups is 1. The van der Waals surface area contributed by atoms with Crippen molar-refractivity contribution in [2.24, 2.45) is 5.73 Å². The molecule has 0 saturated heterocycles. The van der Waals surface area contributed by atoms with Crippen LogP contribution in [-0.4, -0.2) is 38.0 Å². The fraction of sp³-hybridized carbons (Fsp3) is 0.250. The third-order valence-electron chi connectivity index (χ3n) is 1.79. The van der Waals surface area contributed by atoms with E-state index >= 15 is 0 Å². The molecule has 0 aliphatic carbocycles. The molecular weight excluding hydrogens is 286 g/mol. The van der Waals surface area contributed by atoms with Crippen molar-refractivity contribution in [3.05, 3.63) is 35.9 Å². The summed E-state index contributed by atoms with van der Waals surface area (Å²) in [5, 5.41) is 8.89. The summed E-state index contributed by atoms with van der Waals surface area (Å²) in [7, 11) is -4.67.